The summed E-state index contributed by atoms with van der Waals surface area (Å²) in [4.78, 5) is 28.7. The molecule has 0 aromatic heterocycles. The molecule has 0 radical (unpaired) electrons. The first kappa shape index (κ1) is 15.0. The van der Waals surface area contributed by atoms with E-state index in [0.29, 0.717) is 0 Å². The molecule has 0 amide bonds. The fourth-order valence-corrected chi connectivity index (χ4v) is 2.01. The normalized spacial score (nSPS) is 15.0. The van der Waals surface area contributed by atoms with E-state index in [1.165, 1.54) is 12.3 Å². The van der Waals surface area contributed by atoms with E-state index < -0.39 is 17.5 Å². The van der Waals surface area contributed by atoms with Crippen molar-refractivity contribution in [2.24, 2.45) is 4.99 Å². The average molecular weight is 287 g/mol. The minimum Gasteiger partial charge on any atom is -0.463 e. The second-order valence-corrected chi connectivity index (χ2v) is 4.43. The van der Waals surface area contributed by atoms with E-state index in [-0.39, 0.29) is 13.2 Å². The molecule has 0 aliphatic carbocycles. The number of nitrogens with zero attached hydrogens (tertiary/aromatic N) is 1. The number of rotatable bonds is 4. The number of carbonyl (C=O) groups is 2. The fourth-order valence-electron chi connectivity index (χ4n) is 2.01. The summed E-state index contributed by atoms with van der Waals surface area (Å²) >= 11 is 0. The summed E-state index contributed by atoms with van der Waals surface area (Å²) in [5.41, 5.74) is -0.0775. The highest BCUT2D eigenvalue weighted by atomic mass is 16.6. The molecule has 1 heterocycles. The molecule has 0 spiro atoms. The van der Waals surface area contributed by atoms with Crippen LogP contribution in [0.5, 0.6) is 0 Å². The van der Waals surface area contributed by atoms with Crippen molar-refractivity contribution in [2.45, 2.75) is 19.4 Å². The number of hydrogen-bond acceptors (Lipinski definition) is 5. The van der Waals surface area contributed by atoms with Gasteiger partial charge in [0.1, 0.15) is 0 Å². The highest BCUT2D eigenvalue weighted by Gasteiger charge is 2.47. The summed E-state index contributed by atoms with van der Waals surface area (Å²) in [5.74, 6) is -1.47. The van der Waals surface area contributed by atoms with Crippen molar-refractivity contribution in [3.63, 3.8) is 0 Å². The Hall–Kier alpha value is -2.43. The number of benzene rings is 1. The Morgan fingerprint density at radius 3 is 2.19 bits per heavy atom. The van der Waals surface area contributed by atoms with E-state index in [0.717, 1.165) is 11.1 Å². The third-order valence-corrected chi connectivity index (χ3v) is 3.08. The maximum absolute atomic E-state index is 12.3. The first-order chi connectivity index (χ1) is 10.1. The Bertz CT molecular complexity index is 551. The predicted molar refractivity (Wildman–Crippen MR) is 79.1 cm³/mol. The van der Waals surface area contributed by atoms with Crippen LogP contribution in [0.4, 0.5) is 0 Å². The second-order valence-electron chi connectivity index (χ2n) is 4.43. The van der Waals surface area contributed by atoms with Gasteiger partial charge in [-0.3, -0.25) is 4.99 Å². The summed E-state index contributed by atoms with van der Waals surface area (Å²) in [6.45, 7) is 3.68. The van der Waals surface area contributed by atoms with Crippen LogP contribution in [-0.2, 0) is 19.1 Å². The number of carbonyl (C=O) groups excluding carboxylic acids is 2. The Balaban J connectivity index is 2.48. The van der Waals surface area contributed by atoms with Crippen LogP contribution in [0.15, 0.2) is 35.3 Å². The van der Waals surface area contributed by atoms with Gasteiger partial charge in [0.2, 0.25) is 0 Å². The molecule has 5 heteroatoms. The highest BCUT2D eigenvalue weighted by molar-refractivity contribution is 6.11. The van der Waals surface area contributed by atoms with E-state index in [1.54, 1.807) is 19.9 Å². The lowest BCUT2D eigenvalue weighted by atomic mass is 9.99. The molecule has 0 N–H and O–H groups in total. The monoisotopic (exact) mass is 287 g/mol. The Labute approximate surface area is 123 Å². The van der Waals surface area contributed by atoms with Crippen molar-refractivity contribution in [3.8, 4) is 0 Å². The molecule has 0 saturated carbocycles. The van der Waals surface area contributed by atoms with Gasteiger partial charge in [-0.15, -0.1) is 0 Å². The van der Waals surface area contributed by atoms with E-state index in [9.17, 15) is 9.59 Å². The lowest BCUT2D eigenvalue weighted by Crippen LogP contribution is -2.45. The van der Waals surface area contributed by atoms with Gasteiger partial charge in [0, 0.05) is 6.21 Å². The minimum atomic E-state index is -1.77. The average Bonchev–Trinajstić information content (AvgIpc) is 2.68. The predicted octanol–water partition coefficient (Wildman–Crippen LogP) is 2.00. The third kappa shape index (κ3) is 2.86. The zero-order valence-electron chi connectivity index (χ0n) is 12.0. The van der Waals surface area contributed by atoms with Crippen LogP contribution in [-0.4, -0.2) is 36.9 Å². The SMILES string of the molecule is CCOC(=O)C1(C(=O)OCC)C=Cc2ccccc2C=N1. The maximum Gasteiger partial charge on any atom is 0.349 e. The van der Waals surface area contributed by atoms with E-state index in [1.807, 2.05) is 24.3 Å². The molecule has 110 valence electrons. The van der Waals surface area contributed by atoms with Crippen molar-refractivity contribution in [1.29, 1.82) is 0 Å². The van der Waals surface area contributed by atoms with Gasteiger partial charge in [-0.1, -0.05) is 30.3 Å². The molecule has 0 bridgehead atoms. The molecule has 0 saturated heterocycles. The van der Waals surface area contributed by atoms with Gasteiger partial charge in [0.25, 0.3) is 5.54 Å². The summed E-state index contributed by atoms with van der Waals surface area (Å²) in [6, 6.07) is 7.47. The summed E-state index contributed by atoms with van der Waals surface area (Å²) in [6.07, 6.45) is 4.63. The van der Waals surface area contributed by atoms with Gasteiger partial charge in [-0.05, 0) is 31.1 Å². The molecule has 1 aliphatic heterocycles. The van der Waals surface area contributed by atoms with Gasteiger partial charge in [-0.2, -0.15) is 0 Å². The molecule has 0 unspecified atom stereocenters. The van der Waals surface area contributed by atoms with Gasteiger partial charge < -0.3 is 9.47 Å². The van der Waals surface area contributed by atoms with Crippen molar-refractivity contribution in [3.05, 3.63) is 41.5 Å². The molecule has 1 aliphatic rings. The zero-order chi connectivity index (χ0) is 15.3. The molecule has 1 aromatic carbocycles. The van der Waals surface area contributed by atoms with Crippen molar-refractivity contribution >= 4 is 24.2 Å². The molecule has 5 nitrogen and oxygen atoms in total. The Kier molecular flexibility index (Phi) is 4.52. The second kappa shape index (κ2) is 6.35. The molecule has 21 heavy (non-hydrogen) atoms. The standard InChI is InChI=1S/C16H17NO4/c1-3-20-14(18)16(15(19)21-4-2)10-9-12-7-5-6-8-13(12)11-17-16/h5-11H,3-4H2,1-2H3. The quantitative estimate of drug-likeness (QED) is 0.627. The molecule has 0 atom stereocenters. The number of ether oxygens (including phenoxy) is 2. The van der Waals surface area contributed by atoms with Gasteiger partial charge >= 0.3 is 11.9 Å². The summed E-state index contributed by atoms with van der Waals surface area (Å²) in [7, 11) is 0. The van der Waals surface area contributed by atoms with Crippen molar-refractivity contribution in [1.82, 2.24) is 0 Å². The van der Waals surface area contributed by atoms with E-state index in [2.05, 4.69) is 4.99 Å². The minimum absolute atomic E-state index is 0.163. The topological polar surface area (TPSA) is 65.0 Å². The summed E-state index contributed by atoms with van der Waals surface area (Å²) in [5, 5.41) is 0. The van der Waals surface area contributed by atoms with Gasteiger partial charge in [0.15, 0.2) is 0 Å². The van der Waals surface area contributed by atoms with Crippen LogP contribution in [0.3, 0.4) is 0 Å². The van der Waals surface area contributed by atoms with Crippen LogP contribution in [0, 0.1) is 0 Å². The first-order valence-electron chi connectivity index (χ1n) is 6.82. The fraction of sp³-hybridized carbons (Fsp3) is 0.312. The lowest BCUT2D eigenvalue weighted by molar-refractivity contribution is -0.160. The van der Waals surface area contributed by atoms with Crippen LogP contribution in [0.25, 0.3) is 6.08 Å². The molecule has 1 aromatic rings. The Morgan fingerprint density at radius 2 is 1.62 bits per heavy atom. The Morgan fingerprint density at radius 1 is 1.05 bits per heavy atom. The van der Waals surface area contributed by atoms with E-state index >= 15 is 0 Å². The van der Waals surface area contributed by atoms with Gasteiger partial charge in [-0.25, -0.2) is 9.59 Å². The molecule has 0 fully saturated rings. The van der Waals surface area contributed by atoms with Crippen molar-refractivity contribution < 1.29 is 19.1 Å². The summed E-state index contributed by atoms with van der Waals surface area (Å²) < 4.78 is 10.0. The van der Waals surface area contributed by atoms with Crippen LogP contribution >= 0.6 is 0 Å². The molecule has 2 rings (SSSR count). The number of esters is 2. The number of aliphatic imine (C=N–C) groups is 1. The van der Waals surface area contributed by atoms with E-state index in [4.69, 9.17) is 9.47 Å². The maximum atomic E-state index is 12.3. The number of fused-ring (bicyclic) bond motifs is 1. The number of hydrogen-bond donors (Lipinski definition) is 0. The molecular weight excluding hydrogens is 270 g/mol. The van der Waals surface area contributed by atoms with Crippen LogP contribution in [0.2, 0.25) is 0 Å². The van der Waals surface area contributed by atoms with Crippen LogP contribution < -0.4 is 0 Å². The lowest BCUT2D eigenvalue weighted by Gasteiger charge is -2.21. The third-order valence-electron chi connectivity index (χ3n) is 3.08. The zero-order valence-corrected chi connectivity index (χ0v) is 12.0. The smallest absolute Gasteiger partial charge is 0.349 e. The van der Waals surface area contributed by atoms with Crippen LogP contribution in [0.1, 0.15) is 25.0 Å². The molecular formula is C16H17NO4. The highest BCUT2D eigenvalue weighted by Crippen LogP contribution is 2.24. The largest absolute Gasteiger partial charge is 0.463 e. The van der Waals surface area contributed by atoms with Gasteiger partial charge in [0.05, 0.1) is 13.2 Å². The first-order valence-corrected chi connectivity index (χ1v) is 6.82. The van der Waals surface area contributed by atoms with Crippen molar-refractivity contribution in [2.75, 3.05) is 13.2 Å².